The van der Waals surface area contributed by atoms with Gasteiger partial charge in [-0.2, -0.15) is 0 Å². The zero-order valence-corrected chi connectivity index (χ0v) is 11.9. The highest BCUT2D eigenvalue weighted by Crippen LogP contribution is 2.25. The van der Waals surface area contributed by atoms with Gasteiger partial charge in [-0.25, -0.2) is 4.98 Å². The van der Waals surface area contributed by atoms with Crippen molar-refractivity contribution >= 4 is 28.7 Å². The molecule has 5 heteroatoms. The normalized spacial score (nSPS) is 10.3. The molecule has 106 valence electrons. The molecule has 0 aliphatic carbocycles. The van der Waals surface area contributed by atoms with Crippen LogP contribution in [0, 0.1) is 0 Å². The van der Waals surface area contributed by atoms with Crippen LogP contribution in [0.25, 0.3) is 10.8 Å². The lowest BCUT2D eigenvalue weighted by Crippen LogP contribution is -2.16. The Balaban J connectivity index is 2.15. The molecular formula is C15H20N4O. The number of aromatic nitrogens is 1. The predicted molar refractivity (Wildman–Crippen MR) is 83.2 cm³/mol. The average Bonchev–Trinajstić information content (AvgIpc) is 2.46. The smallest absolute Gasteiger partial charge is 0.207 e. The van der Waals surface area contributed by atoms with Gasteiger partial charge in [-0.05, 0) is 30.0 Å². The maximum atomic E-state index is 10.2. The summed E-state index contributed by atoms with van der Waals surface area (Å²) in [5, 5.41) is 8.25. The number of carbonyl (C=O) groups excluding carboxylic acids is 1. The van der Waals surface area contributed by atoms with Crippen LogP contribution in [-0.2, 0) is 4.79 Å². The average molecular weight is 272 g/mol. The van der Waals surface area contributed by atoms with Crippen molar-refractivity contribution in [1.29, 1.82) is 0 Å². The minimum Gasteiger partial charge on any atom is -0.378 e. The summed E-state index contributed by atoms with van der Waals surface area (Å²) >= 11 is 0. The number of hydrogen-bond acceptors (Lipinski definition) is 4. The Kier molecular flexibility index (Phi) is 4.76. The summed E-state index contributed by atoms with van der Waals surface area (Å²) < 4.78 is 0. The van der Waals surface area contributed by atoms with Gasteiger partial charge in [0, 0.05) is 44.5 Å². The lowest BCUT2D eigenvalue weighted by molar-refractivity contribution is -0.109. The third-order valence-corrected chi connectivity index (χ3v) is 3.14. The SMILES string of the molecule is CN(C)c1ccc2ccnc(NCCCNC=O)c2c1. The van der Waals surface area contributed by atoms with Crippen LogP contribution in [0.4, 0.5) is 11.5 Å². The van der Waals surface area contributed by atoms with E-state index in [-0.39, 0.29) is 0 Å². The molecule has 0 saturated carbocycles. The van der Waals surface area contributed by atoms with Crippen LogP contribution in [0.2, 0.25) is 0 Å². The van der Waals surface area contributed by atoms with Gasteiger partial charge in [0.25, 0.3) is 0 Å². The monoisotopic (exact) mass is 272 g/mol. The van der Waals surface area contributed by atoms with Crippen LogP contribution in [0.5, 0.6) is 0 Å². The quantitative estimate of drug-likeness (QED) is 0.596. The maximum absolute atomic E-state index is 10.2. The van der Waals surface area contributed by atoms with E-state index in [1.165, 1.54) is 5.39 Å². The number of rotatable bonds is 7. The van der Waals surface area contributed by atoms with E-state index in [9.17, 15) is 4.79 Å². The molecule has 1 amide bonds. The summed E-state index contributed by atoms with van der Waals surface area (Å²) in [6.07, 6.45) is 3.40. The van der Waals surface area contributed by atoms with Gasteiger partial charge in [0.2, 0.25) is 6.41 Å². The zero-order valence-electron chi connectivity index (χ0n) is 11.9. The lowest BCUT2D eigenvalue weighted by atomic mass is 10.1. The first-order chi connectivity index (χ1) is 9.72. The van der Waals surface area contributed by atoms with Gasteiger partial charge < -0.3 is 15.5 Å². The summed E-state index contributed by atoms with van der Waals surface area (Å²) in [6, 6.07) is 8.34. The van der Waals surface area contributed by atoms with Crippen molar-refractivity contribution in [2.75, 3.05) is 37.4 Å². The van der Waals surface area contributed by atoms with Crippen LogP contribution in [0.3, 0.4) is 0 Å². The molecule has 2 aromatic rings. The zero-order chi connectivity index (χ0) is 14.4. The first kappa shape index (κ1) is 14.1. The van der Waals surface area contributed by atoms with Crippen molar-refractivity contribution in [3.05, 3.63) is 30.5 Å². The van der Waals surface area contributed by atoms with E-state index >= 15 is 0 Å². The predicted octanol–water partition coefficient (Wildman–Crippen LogP) is 1.85. The third kappa shape index (κ3) is 3.38. The molecule has 0 bridgehead atoms. The number of pyridine rings is 1. The Bertz CT molecular complexity index is 583. The van der Waals surface area contributed by atoms with Gasteiger partial charge in [-0.1, -0.05) is 6.07 Å². The van der Waals surface area contributed by atoms with Gasteiger partial charge in [0.05, 0.1) is 0 Å². The van der Waals surface area contributed by atoms with Crippen LogP contribution in [0.15, 0.2) is 30.5 Å². The Labute approximate surface area is 119 Å². The molecule has 1 heterocycles. The van der Waals surface area contributed by atoms with E-state index in [2.05, 4.69) is 38.7 Å². The molecule has 0 radical (unpaired) electrons. The number of nitrogens with one attached hydrogen (secondary N) is 2. The molecule has 2 rings (SSSR count). The van der Waals surface area contributed by atoms with E-state index in [1.54, 1.807) is 0 Å². The summed E-state index contributed by atoms with van der Waals surface area (Å²) in [5.41, 5.74) is 1.15. The van der Waals surface area contributed by atoms with Crippen molar-refractivity contribution in [2.45, 2.75) is 6.42 Å². The molecule has 0 unspecified atom stereocenters. The van der Waals surface area contributed by atoms with Crippen LogP contribution >= 0.6 is 0 Å². The number of benzene rings is 1. The van der Waals surface area contributed by atoms with Gasteiger partial charge >= 0.3 is 0 Å². The molecule has 0 aliphatic heterocycles. The fourth-order valence-electron chi connectivity index (χ4n) is 2.03. The minimum absolute atomic E-state index is 0.671. The first-order valence-corrected chi connectivity index (χ1v) is 6.69. The molecule has 5 nitrogen and oxygen atoms in total. The molecule has 0 aliphatic rings. The summed E-state index contributed by atoms with van der Waals surface area (Å²) in [4.78, 5) is 16.6. The van der Waals surface area contributed by atoms with E-state index < -0.39 is 0 Å². The Morgan fingerprint density at radius 1 is 1.25 bits per heavy atom. The largest absolute Gasteiger partial charge is 0.378 e. The highest BCUT2D eigenvalue weighted by molar-refractivity contribution is 5.94. The Hall–Kier alpha value is -2.30. The Morgan fingerprint density at radius 2 is 2.10 bits per heavy atom. The van der Waals surface area contributed by atoms with Gasteiger partial charge in [0.1, 0.15) is 5.82 Å². The van der Waals surface area contributed by atoms with Crippen molar-refractivity contribution in [3.8, 4) is 0 Å². The third-order valence-electron chi connectivity index (χ3n) is 3.14. The minimum atomic E-state index is 0.671. The van der Waals surface area contributed by atoms with E-state index in [1.807, 2.05) is 26.4 Å². The highest BCUT2D eigenvalue weighted by Gasteiger charge is 2.04. The number of anilines is 2. The summed E-state index contributed by atoms with van der Waals surface area (Å²) in [6.45, 7) is 1.45. The standard InChI is InChI=1S/C15H20N4O/c1-19(2)13-5-4-12-6-9-18-15(14(12)10-13)17-8-3-7-16-11-20/h4-6,9-11H,3,7-8H2,1-2H3,(H,16,20)(H,17,18). The summed E-state index contributed by atoms with van der Waals surface area (Å²) in [7, 11) is 4.05. The highest BCUT2D eigenvalue weighted by atomic mass is 16.1. The first-order valence-electron chi connectivity index (χ1n) is 6.69. The molecular weight excluding hydrogens is 252 g/mol. The van der Waals surface area contributed by atoms with Crippen LogP contribution in [0.1, 0.15) is 6.42 Å². The number of hydrogen-bond donors (Lipinski definition) is 2. The molecule has 0 fully saturated rings. The topological polar surface area (TPSA) is 57.3 Å². The second-order valence-corrected chi connectivity index (χ2v) is 4.81. The second kappa shape index (κ2) is 6.75. The Morgan fingerprint density at radius 3 is 2.85 bits per heavy atom. The van der Waals surface area contributed by atoms with E-state index in [4.69, 9.17) is 0 Å². The molecule has 20 heavy (non-hydrogen) atoms. The second-order valence-electron chi connectivity index (χ2n) is 4.81. The van der Waals surface area contributed by atoms with Crippen molar-refractivity contribution in [2.24, 2.45) is 0 Å². The number of nitrogens with zero attached hydrogens (tertiary/aromatic N) is 2. The van der Waals surface area contributed by atoms with Crippen molar-refractivity contribution in [1.82, 2.24) is 10.3 Å². The van der Waals surface area contributed by atoms with Gasteiger partial charge in [-0.15, -0.1) is 0 Å². The fraction of sp³-hybridized carbons (Fsp3) is 0.333. The molecule has 0 spiro atoms. The summed E-state index contributed by atoms with van der Waals surface area (Å²) in [5.74, 6) is 0.886. The maximum Gasteiger partial charge on any atom is 0.207 e. The van der Waals surface area contributed by atoms with Gasteiger partial charge in [0.15, 0.2) is 0 Å². The number of carbonyl (C=O) groups is 1. The van der Waals surface area contributed by atoms with Crippen LogP contribution < -0.4 is 15.5 Å². The van der Waals surface area contributed by atoms with Crippen molar-refractivity contribution < 1.29 is 4.79 Å². The number of amides is 1. The lowest BCUT2D eigenvalue weighted by Gasteiger charge is -2.14. The molecule has 0 saturated heterocycles. The van der Waals surface area contributed by atoms with Crippen molar-refractivity contribution in [3.63, 3.8) is 0 Å². The molecule has 0 atom stereocenters. The fourth-order valence-corrected chi connectivity index (χ4v) is 2.03. The number of fused-ring (bicyclic) bond motifs is 1. The molecule has 2 N–H and O–H groups in total. The van der Waals surface area contributed by atoms with Crippen LogP contribution in [-0.4, -0.2) is 38.6 Å². The van der Waals surface area contributed by atoms with Gasteiger partial charge in [-0.3, -0.25) is 4.79 Å². The molecule has 1 aromatic carbocycles. The van der Waals surface area contributed by atoms with E-state index in [0.717, 1.165) is 36.3 Å². The van der Waals surface area contributed by atoms with E-state index in [0.29, 0.717) is 6.54 Å². The molecule has 1 aromatic heterocycles.